The average Bonchev–Trinajstić information content (AvgIpc) is 2.09. The van der Waals surface area contributed by atoms with E-state index in [1.54, 1.807) is 0 Å². The van der Waals surface area contributed by atoms with Crippen LogP contribution >= 0.6 is 34.8 Å². The van der Waals surface area contributed by atoms with E-state index < -0.39 is 35.1 Å². The lowest BCUT2D eigenvalue weighted by molar-refractivity contribution is -0.140. The lowest BCUT2D eigenvalue weighted by atomic mass is 10.3. The van der Waals surface area contributed by atoms with E-state index >= 15 is 0 Å². The Kier molecular flexibility index (Phi) is 6.04. The fourth-order valence-corrected chi connectivity index (χ4v) is 0.680. The van der Waals surface area contributed by atoms with Crippen LogP contribution in [-0.4, -0.2) is 45.3 Å². The Bertz CT molecular complexity index is 241. The molecule has 1 amide bonds. The van der Waals surface area contributed by atoms with Crippen LogP contribution in [0.25, 0.3) is 0 Å². The maximum absolute atomic E-state index is 10.9. The van der Waals surface area contributed by atoms with E-state index in [0.29, 0.717) is 0 Å². The zero-order valence-corrected chi connectivity index (χ0v) is 9.51. The number of alkyl halides is 3. The number of carbonyl (C=O) groups is 2. The summed E-state index contributed by atoms with van der Waals surface area (Å²) in [5.74, 6) is -1.40. The number of hydrogen-bond donors (Lipinski definition) is 3. The number of alkyl carbamates (subject to hydrolysis) is 1. The number of nitrogens with one attached hydrogen (secondary N) is 1. The smallest absolute Gasteiger partial charge is 0.408 e. The van der Waals surface area contributed by atoms with E-state index in [4.69, 9.17) is 45.0 Å². The van der Waals surface area contributed by atoms with Gasteiger partial charge < -0.3 is 20.3 Å². The first-order valence-corrected chi connectivity index (χ1v) is 4.73. The van der Waals surface area contributed by atoms with Crippen LogP contribution < -0.4 is 5.32 Å². The summed E-state index contributed by atoms with van der Waals surface area (Å²) in [5, 5.41) is 18.8. The number of ether oxygens (including phenoxy) is 1. The van der Waals surface area contributed by atoms with Crippen molar-refractivity contribution in [1.29, 1.82) is 0 Å². The predicted octanol–water partition coefficient (Wildman–Crippen LogP) is 0.528. The van der Waals surface area contributed by atoms with Gasteiger partial charge in [0.2, 0.25) is 3.79 Å². The zero-order chi connectivity index (χ0) is 12.1. The Balaban J connectivity index is 3.98. The standard InChI is InChI=1S/C6H8Cl3NO5/c7-6(8,9)2-15-5(14)10-3(1-11)4(12)13/h3,11H,1-2H2,(H,10,14)(H,12,13)/t3-/m0/s1. The molecule has 1 atom stereocenters. The number of carboxylic acid groups (broad SMARTS) is 1. The van der Waals surface area contributed by atoms with Gasteiger partial charge in [-0.15, -0.1) is 0 Å². The van der Waals surface area contributed by atoms with Crippen molar-refractivity contribution in [2.24, 2.45) is 0 Å². The molecule has 0 saturated heterocycles. The van der Waals surface area contributed by atoms with Gasteiger partial charge in [0.25, 0.3) is 0 Å². The Hall–Kier alpha value is -0.430. The van der Waals surface area contributed by atoms with Crippen molar-refractivity contribution >= 4 is 46.9 Å². The van der Waals surface area contributed by atoms with E-state index in [1.807, 2.05) is 5.32 Å². The molecule has 0 saturated carbocycles. The summed E-state index contributed by atoms with van der Waals surface area (Å²) in [7, 11) is 0. The second kappa shape index (κ2) is 6.22. The Morgan fingerprint density at radius 3 is 2.27 bits per heavy atom. The highest BCUT2D eigenvalue weighted by Crippen LogP contribution is 2.25. The van der Waals surface area contributed by atoms with Gasteiger partial charge in [-0.05, 0) is 0 Å². The minimum atomic E-state index is -1.77. The monoisotopic (exact) mass is 279 g/mol. The summed E-state index contributed by atoms with van der Waals surface area (Å²) in [6.45, 7) is -1.29. The quantitative estimate of drug-likeness (QED) is 0.653. The third-order valence-corrected chi connectivity index (χ3v) is 1.47. The second-order valence-electron chi connectivity index (χ2n) is 2.41. The van der Waals surface area contributed by atoms with Gasteiger partial charge >= 0.3 is 12.1 Å². The highest BCUT2D eigenvalue weighted by atomic mass is 35.6. The summed E-state index contributed by atoms with van der Waals surface area (Å²) in [6.07, 6.45) is -1.09. The van der Waals surface area contributed by atoms with Crippen LogP contribution in [-0.2, 0) is 9.53 Å². The van der Waals surface area contributed by atoms with Crippen LogP contribution in [0.3, 0.4) is 0 Å². The average molecular weight is 280 g/mol. The zero-order valence-electron chi connectivity index (χ0n) is 7.24. The van der Waals surface area contributed by atoms with Gasteiger partial charge in [-0.1, -0.05) is 34.8 Å². The number of carboxylic acids is 1. The van der Waals surface area contributed by atoms with E-state index in [9.17, 15) is 9.59 Å². The van der Waals surface area contributed by atoms with Gasteiger partial charge in [0.15, 0.2) is 6.04 Å². The Morgan fingerprint density at radius 1 is 1.40 bits per heavy atom. The van der Waals surface area contributed by atoms with E-state index in [0.717, 1.165) is 0 Å². The summed E-state index contributed by atoms with van der Waals surface area (Å²) >= 11 is 15.8. The second-order valence-corrected chi connectivity index (χ2v) is 4.93. The van der Waals surface area contributed by atoms with Crippen molar-refractivity contribution in [1.82, 2.24) is 5.32 Å². The first kappa shape index (κ1) is 14.6. The van der Waals surface area contributed by atoms with Gasteiger partial charge in [0, 0.05) is 0 Å². The molecule has 9 heteroatoms. The summed E-state index contributed by atoms with van der Waals surface area (Å²) in [4.78, 5) is 21.2. The van der Waals surface area contributed by atoms with Crippen LogP contribution in [0, 0.1) is 0 Å². The number of aliphatic hydroxyl groups excluding tert-OH is 1. The minimum absolute atomic E-state index is 0.527. The van der Waals surface area contributed by atoms with E-state index in [1.165, 1.54) is 0 Å². The van der Waals surface area contributed by atoms with Crippen LogP contribution in [0.15, 0.2) is 0 Å². The highest BCUT2D eigenvalue weighted by Gasteiger charge is 2.24. The molecule has 0 rings (SSSR count). The van der Waals surface area contributed by atoms with Gasteiger partial charge in [0.1, 0.15) is 6.61 Å². The van der Waals surface area contributed by atoms with Crippen molar-refractivity contribution in [2.75, 3.05) is 13.2 Å². The van der Waals surface area contributed by atoms with Gasteiger partial charge in [-0.2, -0.15) is 0 Å². The maximum atomic E-state index is 10.9. The molecule has 0 unspecified atom stereocenters. The summed E-state index contributed by atoms with van der Waals surface area (Å²) < 4.78 is 2.60. The first-order valence-electron chi connectivity index (χ1n) is 3.60. The van der Waals surface area contributed by atoms with Gasteiger partial charge in [0.05, 0.1) is 6.61 Å². The molecule has 0 aromatic rings. The molecule has 15 heavy (non-hydrogen) atoms. The molecule has 6 nitrogen and oxygen atoms in total. The summed E-state index contributed by atoms with van der Waals surface area (Å²) in [5.41, 5.74) is 0. The van der Waals surface area contributed by atoms with Crippen LogP contribution in [0.5, 0.6) is 0 Å². The molecule has 0 radical (unpaired) electrons. The van der Waals surface area contributed by atoms with Crippen LogP contribution in [0.2, 0.25) is 0 Å². The Morgan fingerprint density at radius 2 is 1.93 bits per heavy atom. The Labute approximate surface area is 100 Å². The maximum Gasteiger partial charge on any atom is 0.408 e. The van der Waals surface area contributed by atoms with Crippen LogP contribution in [0.4, 0.5) is 4.79 Å². The topological polar surface area (TPSA) is 95.9 Å². The first-order chi connectivity index (χ1) is 6.76. The number of aliphatic carboxylic acids is 1. The lowest BCUT2D eigenvalue weighted by Gasteiger charge is -2.14. The third-order valence-electron chi connectivity index (χ3n) is 1.14. The number of carbonyl (C=O) groups excluding carboxylic acids is 1. The number of rotatable bonds is 4. The molecule has 0 aliphatic carbocycles. The summed E-state index contributed by atoms with van der Waals surface area (Å²) in [6, 6.07) is -1.45. The molecular weight excluding hydrogens is 272 g/mol. The van der Waals surface area contributed by atoms with E-state index in [-0.39, 0.29) is 0 Å². The van der Waals surface area contributed by atoms with E-state index in [2.05, 4.69) is 4.74 Å². The minimum Gasteiger partial charge on any atom is -0.480 e. The number of halogens is 3. The molecular formula is C6H8Cl3NO5. The van der Waals surface area contributed by atoms with Crippen molar-refractivity contribution in [3.05, 3.63) is 0 Å². The molecule has 0 aliphatic heterocycles. The largest absolute Gasteiger partial charge is 0.480 e. The van der Waals surface area contributed by atoms with Gasteiger partial charge in [-0.25, -0.2) is 9.59 Å². The molecule has 0 fully saturated rings. The predicted molar refractivity (Wildman–Crippen MR) is 53.3 cm³/mol. The molecule has 0 spiro atoms. The lowest BCUT2D eigenvalue weighted by Crippen LogP contribution is -2.44. The molecule has 0 aromatic carbocycles. The number of aliphatic hydroxyl groups is 1. The molecule has 0 aromatic heterocycles. The molecule has 0 bridgehead atoms. The van der Waals surface area contributed by atoms with Crippen molar-refractivity contribution < 1.29 is 24.5 Å². The molecule has 0 aliphatic rings. The van der Waals surface area contributed by atoms with Gasteiger partial charge in [-0.3, -0.25) is 0 Å². The van der Waals surface area contributed by atoms with Crippen LogP contribution in [0.1, 0.15) is 0 Å². The number of hydrogen-bond acceptors (Lipinski definition) is 4. The normalized spacial score (nSPS) is 13.1. The molecule has 0 heterocycles. The SMILES string of the molecule is O=C(N[C@@H](CO)C(=O)O)OCC(Cl)(Cl)Cl. The number of amides is 1. The van der Waals surface area contributed by atoms with Crippen molar-refractivity contribution in [3.63, 3.8) is 0 Å². The van der Waals surface area contributed by atoms with Crippen molar-refractivity contribution in [3.8, 4) is 0 Å². The third kappa shape index (κ3) is 7.49. The van der Waals surface area contributed by atoms with Crippen molar-refractivity contribution in [2.45, 2.75) is 9.83 Å². The molecule has 3 N–H and O–H groups in total. The molecule has 88 valence electrons. The highest BCUT2D eigenvalue weighted by molar-refractivity contribution is 6.67. The fraction of sp³-hybridized carbons (Fsp3) is 0.667. The fourth-order valence-electron chi connectivity index (χ4n) is 0.517.